The second-order valence-corrected chi connectivity index (χ2v) is 9.55. The van der Waals surface area contributed by atoms with Crippen LogP contribution in [0, 0.1) is 6.92 Å². The summed E-state index contributed by atoms with van der Waals surface area (Å²) >= 11 is 7.76. The highest BCUT2D eigenvalue weighted by Crippen LogP contribution is 2.34. The number of halogens is 1. The molecular weight excluding hydrogens is 354 g/mol. The Morgan fingerprint density at radius 3 is 2.61 bits per heavy atom. The highest BCUT2D eigenvalue weighted by Gasteiger charge is 2.28. The zero-order chi connectivity index (χ0) is 16.8. The maximum Gasteiger partial charge on any atom is 0.211 e. The van der Waals surface area contributed by atoms with Gasteiger partial charge >= 0.3 is 0 Å². The summed E-state index contributed by atoms with van der Waals surface area (Å²) in [7, 11) is -1.46. The Hall–Kier alpha value is -0.890. The van der Waals surface area contributed by atoms with E-state index >= 15 is 0 Å². The van der Waals surface area contributed by atoms with Crippen molar-refractivity contribution in [2.45, 2.75) is 25.8 Å². The molecule has 0 radical (unpaired) electrons. The van der Waals surface area contributed by atoms with Crippen LogP contribution in [-0.2, 0) is 10.0 Å². The highest BCUT2D eigenvalue weighted by atomic mass is 35.5. The van der Waals surface area contributed by atoms with Crippen molar-refractivity contribution in [2.24, 2.45) is 0 Å². The number of nitrogens with zero attached hydrogens (tertiary/aromatic N) is 3. The van der Waals surface area contributed by atoms with Gasteiger partial charge in [0, 0.05) is 31.2 Å². The maximum atomic E-state index is 11.7. The van der Waals surface area contributed by atoms with Crippen molar-refractivity contribution in [3.8, 4) is 0 Å². The molecule has 2 heterocycles. The van der Waals surface area contributed by atoms with Crippen LogP contribution in [0.5, 0.6) is 0 Å². The molecule has 1 aliphatic heterocycles. The highest BCUT2D eigenvalue weighted by molar-refractivity contribution is 7.88. The molecule has 0 bridgehead atoms. The minimum Gasteiger partial charge on any atom is -0.348 e. The van der Waals surface area contributed by atoms with Crippen LogP contribution in [0.1, 0.15) is 18.4 Å². The number of piperidine rings is 1. The van der Waals surface area contributed by atoms with E-state index in [0.29, 0.717) is 0 Å². The van der Waals surface area contributed by atoms with E-state index < -0.39 is 10.0 Å². The Balaban J connectivity index is 1.77. The maximum absolute atomic E-state index is 11.7. The predicted molar refractivity (Wildman–Crippen MR) is 97.2 cm³/mol. The topological polar surface area (TPSA) is 53.5 Å². The SMILES string of the molecule is Cc1cc(Cl)cc2sc(N3CCC(N(C)S(C)(=O)=O)CC3)nc12. The second-order valence-electron chi connectivity index (χ2n) is 6.06. The molecule has 8 heteroatoms. The van der Waals surface area contributed by atoms with Gasteiger partial charge in [0.1, 0.15) is 0 Å². The van der Waals surface area contributed by atoms with Crippen molar-refractivity contribution in [2.75, 3.05) is 31.3 Å². The van der Waals surface area contributed by atoms with Crippen molar-refractivity contribution in [3.05, 3.63) is 22.7 Å². The Morgan fingerprint density at radius 2 is 2.00 bits per heavy atom. The largest absolute Gasteiger partial charge is 0.348 e. The predicted octanol–water partition coefficient (Wildman–Crippen LogP) is 3.12. The monoisotopic (exact) mass is 373 g/mol. The van der Waals surface area contributed by atoms with Gasteiger partial charge in [0.05, 0.1) is 16.5 Å². The van der Waals surface area contributed by atoms with E-state index in [9.17, 15) is 8.42 Å². The molecule has 0 aliphatic carbocycles. The number of benzene rings is 1. The molecule has 3 rings (SSSR count). The van der Waals surface area contributed by atoms with E-state index in [1.165, 1.54) is 10.6 Å². The van der Waals surface area contributed by atoms with E-state index in [1.807, 2.05) is 19.1 Å². The first-order chi connectivity index (χ1) is 10.8. The van der Waals surface area contributed by atoms with Crippen LogP contribution in [0.4, 0.5) is 5.13 Å². The first kappa shape index (κ1) is 17.0. The molecule has 0 saturated carbocycles. The van der Waals surface area contributed by atoms with Crippen molar-refractivity contribution in [1.29, 1.82) is 0 Å². The lowest BCUT2D eigenvalue weighted by atomic mass is 10.1. The Kier molecular flexibility index (Phi) is 4.57. The van der Waals surface area contributed by atoms with Gasteiger partial charge in [-0.15, -0.1) is 0 Å². The van der Waals surface area contributed by atoms with Gasteiger partial charge in [-0.3, -0.25) is 0 Å². The average Bonchev–Trinajstić information content (AvgIpc) is 2.90. The normalized spacial score (nSPS) is 17.3. The van der Waals surface area contributed by atoms with Gasteiger partial charge < -0.3 is 4.90 Å². The van der Waals surface area contributed by atoms with Gasteiger partial charge in [-0.05, 0) is 37.5 Å². The Bertz CT molecular complexity index is 827. The molecule has 2 aromatic rings. The van der Waals surface area contributed by atoms with Crippen molar-refractivity contribution >= 4 is 48.3 Å². The van der Waals surface area contributed by atoms with Gasteiger partial charge in [0.2, 0.25) is 10.0 Å². The number of anilines is 1. The smallest absolute Gasteiger partial charge is 0.211 e. The molecule has 5 nitrogen and oxygen atoms in total. The number of rotatable bonds is 3. The number of hydrogen-bond donors (Lipinski definition) is 0. The second kappa shape index (κ2) is 6.20. The quantitative estimate of drug-likeness (QED) is 0.829. The molecule has 0 amide bonds. The first-order valence-electron chi connectivity index (χ1n) is 7.50. The zero-order valence-corrected chi connectivity index (χ0v) is 15.8. The number of thiazole rings is 1. The summed E-state index contributed by atoms with van der Waals surface area (Å²) in [6.07, 6.45) is 2.90. The van der Waals surface area contributed by atoms with Gasteiger partial charge in [0.15, 0.2) is 5.13 Å². The number of sulfonamides is 1. The zero-order valence-electron chi connectivity index (χ0n) is 13.4. The van der Waals surface area contributed by atoms with Crippen LogP contribution in [0.3, 0.4) is 0 Å². The number of fused-ring (bicyclic) bond motifs is 1. The van der Waals surface area contributed by atoms with Crippen LogP contribution in [0.15, 0.2) is 12.1 Å². The Morgan fingerprint density at radius 1 is 1.35 bits per heavy atom. The number of aryl methyl sites for hydroxylation is 1. The number of aromatic nitrogens is 1. The van der Waals surface area contributed by atoms with Crippen LogP contribution in [-0.4, -0.2) is 50.1 Å². The summed E-state index contributed by atoms with van der Waals surface area (Å²) in [5.74, 6) is 0. The molecule has 0 N–H and O–H groups in total. The van der Waals surface area contributed by atoms with Gasteiger partial charge in [-0.25, -0.2) is 17.7 Å². The average molecular weight is 374 g/mol. The van der Waals surface area contributed by atoms with Crippen LogP contribution in [0.2, 0.25) is 5.02 Å². The standard InChI is InChI=1S/C15H20ClN3O2S2/c1-10-8-11(16)9-13-14(10)17-15(22-13)19-6-4-12(5-7-19)18(2)23(3,20)21/h8-9,12H,4-7H2,1-3H3. The number of hydrogen-bond acceptors (Lipinski definition) is 5. The van der Waals surface area contributed by atoms with E-state index in [2.05, 4.69) is 4.90 Å². The van der Waals surface area contributed by atoms with Crippen LogP contribution < -0.4 is 4.90 Å². The molecule has 23 heavy (non-hydrogen) atoms. The summed E-state index contributed by atoms with van der Waals surface area (Å²) in [5.41, 5.74) is 2.09. The van der Waals surface area contributed by atoms with Crippen molar-refractivity contribution in [3.63, 3.8) is 0 Å². The fourth-order valence-corrected chi connectivity index (χ4v) is 5.19. The molecule has 0 spiro atoms. The van der Waals surface area contributed by atoms with E-state index in [4.69, 9.17) is 16.6 Å². The Labute approximate surface area is 145 Å². The summed E-state index contributed by atoms with van der Waals surface area (Å²) < 4.78 is 25.9. The van der Waals surface area contributed by atoms with Gasteiger partial charge in [0.25, 0.3) is 0 Å². The van der Waals surface area contributed by atoms with E-state index in [-0.39, 0.29) is 6.04 Å². The lowest BCUT2D eigenvalue weighted by Crippen LogP contribution is -2.45. The minimum atomic E-state index is -3.13. The molecule has 126 valence electrons. The molecule has 1 saturated heterocycles. The summed E-state index contributed by atoms with van der Waals surface area (Å²) in [5, 5.41) is 1.73. The molecule has 1 aliphatic rings. The first-order valence-corrected chi connectivity index (χ1v) is 10.5. The molecule has 1 fully saturated rings. The van der Waals surface area contributed by atoms with Gasteiger partial charge in [-0.1, -0.05) is 22.9 Å². The fourth-order valence-electron chi connectivity index (χ4n) is 2.97. The van der Waals surface area contributed by atoms with Gasteiger partial charge in [-0.2, -0.15) is 0 Å². The lowest BCUT2D eigenvalue weighted by molar-refractivity contribution is 0.314. The van der Waals surface area contributed by atoms with Crippen LogP contribution in [0.25, 0.3) is 10.2 Å². The van der Waals surface area contributed by atoms with Crippen molar-refractivity contribution in [1.82, 2.24) is 9.29 Å². The third kappa shape index (κ3) is 3.47. The molecule has 0 unspecified atom stereocenters. The van der Waals surface area contributed by atoms with Crippen molar-refractivity contribution < 1.29 is 8.42 Å². The summed E-state index contributed by atoms with van der Waals surface area (Å²) in [4.78, 5) is 6.99. The molecule has 0 atom stereocenters. The third-order valence-corrected chi connectivity index (χ3v) is 7.04. The molecular formula is C15H20ClN3O2S2. The summed E-state index contributed by atoms with van der Waals surface area (Å²) in [6.45, 7) is 3.65. The molecule has 1 aromatic heterocycles. The molecule has 1 aromatic carbocycles. The minimum absolute atomic E-state index is 0.0757. The fraction of sp³-hybridized carbons (Fsp3) is 0.533. The van der Waals surface area contributed by atoms with E-state index in [0.717, 1.165) is 51.9 Å². The third-order valence-electron chi connectivity index (χ3n) is 4.41. The van der Waals surface area contributed by atoms with E-state index in [1.54, 1.807) is 18.4 Å². The van der Waals surface area contributed by atoms with Crippen LogP contribution >= 0.6 is 22.9 Å². The summed E-state index contributed by atoms with van der Waals surface area (Å²) in [6, 6.07) is 3.96. The lowest BCUT2D eigenvalue weighted by Gasteiger charge is -2.35.